The van der Waals surface area contributed by atoms with E-state index in [1.54, 1.807) is 6.07 Å². The summed E-state index contributed by atoms with van der Waals surface area (Å²) in [6, 6.07) is 5.01. The van der Waals surface area contributed by atoms with E-state index in [9.17, 15) is 4.39 Å². The van der Waals surface area contributed by atoms with Crippen LogP contribution in [0, 0.1) is 5.82 Å². The molecule has 2 N–H and O–H groups in total. The van der Waals surface area contributed by atoms with Crippen molar-refractivity contribution >= 4 is 57.6 Å². The Labute approximate surface area is 142 Å². The van der Waals surface area contributed by atoms with Gasteiger partial charge in [-0.25, -0.2) is 9.38 Å². The van der Waals surface area contributed by atoms with Crippen LogP contribution in [0.2, 0.25) is 0 Å². The summed E-state index contributed by atoms with van der Waals surface area (Å²) in [7, 11) is 0. The Morgan fingerprint density at radius 3 is 2.74 bits per heavy atom. The van der Waals surface area contributed by atoms with E-state index in [-0.39, 0.29) is 29.8 Å². The monoisotopic (exact) mass is 459 g/mol. The van der Waals surface area contributed by atoms with Crippen molar-refractivity contribution in [3.63, 3.8) is 0 Å². The van der Waals surface area contributed by atoms with Crippen LogP contribution in [-0.2, 0) is 6.54 Å². The Balaban J connectivity index is 0.00000180. The summed E-state index contributed by atoms with van der Waals surface area (Å²) < 4.78 is 13.8. The first-order valence-electron chi connectivity index (χ1n) is 5.73. The largest absolute Gasteiger partial charge is 0.370 e. The Bertz CT molecular complexity index is 453. The second kappa shape index (κ2) is 8.31. The Morgan fingerprint density at radius 2 is 2.11 bits per heavy atom. The number of hydrogen-bond donors (Lipinski definition) is 1. The van der Waals surface area contributed by atoms with Crippen LogP contribution in [0.5, 0.6) is 0 Å². The van der Waals surface area contributed by atoms with Crippen molar-refractivity contribution in [2.75, 3.05) is 24.6 Å². The van der Waals surface area contributed by atoms with Crippen molar-refractivity contribution in [3.05, 3.63) is 34.1 Å². The predicted octanol–water partition coefficient (Wildman–Crippen LogP) is 3.07. The normalized spacial score (nSPS) is 16.1. The third kappa shape index (κ3) is 5.11. The first-order valence-corrected chi connectivity index (χ1v) is 7.68. The van der Waals surface area contributed by atoms with Crippen LogP contribution >= 0.6 is 51.7 Å². The molecule has 0 bridgehead atoms. The number of aliphatic imine (C=N–C) groups is 1. The smallest absolute Gasteiger partial charge is 0.191 e. The predicted molar refractivity (Wildman–Crippen MR) is 93.7 cm³/mol. The average molecular weight is 460 g/mol. The lowest BCUT2D eigenvalue weighted by atomic mass is 10.2. The number of thioether (sulfide) groups is 1. The number of nitrogens with zero attached hydrogens (tertiary/aromatic N) is 2. The standard InChI is InChI=1S/C12H15BrFN3S.HI/c13-10-2-1-9(7-11(10)14)8-16-12(15)17-3-5-18-6-4-17;/h1-2,7H,3-6,8H2,(H2,15,16);1H. The molecule has 0 saturated carbocycles. The minimum atomic E-state index is -0.268. The second-order valence-corrected chi connectivity index (χ2v) is 6.10. The SMILES string of the molecule is I.NC(=NCc1ccc(Br)c(F)c1)N1CCSCC1. The van der Waals surface area contributed by atoms with E-state index < -0.39 is 0 Å². The maximum Gasteiger partial charge on any atom is 0.191 e. The number of guanidine groups is 1. The fourth-order valence-electron chi connectivity index (χ4n) is 1.70. The zero-order valence-electron chi connectivity index (χ0n) is 10.3. The lowest BCUT2D eigenvalue weighted by Gasteiger charge is -2.27. The van der Waals surface area contributed by atoms with Crippen LogP contribution in [0.4, 0.5) is 4.39 Å². The van der Waals surface area contributed by atoms with Gasteiger partial charge in [-0.1, -0.05) is 6.07 Å². The molecule has 0 spiro atoms. The minimum absolute atomic E-state index is 0. The molecule has 7 heteroatoms. The molecule has 0 amide bonds. The van der Waals surface area contributed by atoms with E-state index in [1.165, 1.54) is 6.07 Å². The third-order valence-electron chi connectivity index (χ3n) is 2.74. The highest BCUT2D eigenvalue weighted by molar-refractivity contribution is 14.0. The van der Waals surface area contributed by atoms with Gasteiger partial charge in [0.15, 0.2) is 5.96 Å². The van der Waals surface area contributed by atoms with Crippen molar-refractivity contribution in [3.8, 4) is 0 Å². The lowest BCUT2D eigenvalue weighted by molar-refractivity contribution is 0.455. The van der Waals surface area contributed by atoms with Crippen LogP contribution in [0.25, 0.3) is 0 Å². The molecule has 1 aromatic rings. The van der Waals surface area contributed by atoms with Gasteiger partial charge in [0, 0.05) is 24.6 Å². The molecule has 0 aliphatic carbocycles. The number of halogens is 3. The molecule has 2 rings (SSSR count). The van der Waals surface area contributed by atoms with E-state index in [1.807, 2.05) is 17.8 Å². The van der Waals surface area contributed by atoms with Crippen molar-refractivity contribution in [1.82, 2.24) is 4.90 Å². The van der Waals surface area contributed by atoms with Crippen LogP contribution in [0.15, 0.2) is 27.7 Å². The maximum absolute atomic E-state index is 13.3. The number of nitrogens with two attached hydrogens (primary N) is 1. The summed E-state index contributed by atoms with van der Waals surface area (Å²) in [6.07, 6.45) is 0. The molecule has 3 nitrogen and oxygen atoms in total. The highest BCUT2D eigenvalue weighted by Crippen LogP contribution is 2.17. The molecule has 1 aliphatic heterocycles. The maximum atomic E-state index is 13.3. The van der Waals surface area contributed by atoms with Gasteiger partial charge in [0.05, 0.1) is 11.0 Å². The van der Waals surface area contributed by atoms with E-state index in [0.29, 0.717) is 17.0 Å². The molecule has 1 aliphatic rings. The molecule has 106 valence electrons. The van der Waals surface area contributed by atoms with E-state index >= 15 is 0 Å². The van der Waals surface area contributed by atoms with E-state index in [2.05, 4.69) is 25.8 Å². The average Bonchev–Trinajstić information content (AvgIpc) is 2.41. The van der Waals surface area contributed by atoms with Gasteiger partial charge in [0.2, 0.25) is 0 Å². The molecule has 0 unspecified atom stereocenters. The fourth-order valence-corrected chi connectivity index (χ4v) is 2.85. The van der Waals surface area contributed by atoms with Gasteiger partial charge in [0.25, 0.3) is 0 Å². The molecule has 0 atom stereocenters. The molecule has 0 aromatic heterocycles. The summed E-state index contributed by atoms with van der Waals surface area (Å²) in [4.78, 5) is 6.39. The Morgan fingerprint density at radius 1 is 1.42 bits per heavy atom. The molecule has 1 aromatic carbocycles. The quantitative estimate of drug-likeness (QED) is 0.419. The second-order valence-electron chi connectivity index (χ2n) is 4.02. The van der Waals surface area contributed by atoms with E-state index in [4.69, 9.17) is 5.73 Å². The number of rotatable bonds is 2. The summed E-state index contributed by atoms with van der Waals surface area (Å²) in [5, 5.41) is 0. The summed E-state index contributed by atoms with van der Waals surface area (Å²) >= 11 is 5.05. The zero-order chi connectivity index (χ0) is 13.0. The van der Waals surface area contributed by atoms with Crippen molar-refractivity contribution in [2.45, 2.75) is 6.54 Å². The Kier molecular flexibility index (Phi) is 7.45. The van der Waals surface area contributed by atoms with Gasteiger partial charge in [-0.3, -0.25) is 0 Å². The minimum Gasteiger partial charge on any atom is -0.370 e. The molecule has 1 heterocycles. The van der Waals surface area contributed by atoms with Crippen LogP contribution < -0.4 is 5.73 Å². The first-order chi connectivity index (χ1) is 8.66. The van der Waals surface area contributed by atoms with Gasteiger partial charge in [-0.2, -0.15) is 11.8 Å². The van der Waals surface area contributed by atoms with E-state index in [0.717, 1.165) is 30.2 Å². The summed E-state index contributed by atoms with van der Waals surface area (Å²) in [5.74, 6) is 2.46. The van der Waals surface area contributed by atoms with Crippen molar-refractivity contribution in [1.29, 1.82) is 0 Å². The third-order valence-corrected chi connectivity index (χ3v) is 4.33. The van der Waals surface area contributed by atoms with Gasteiger partial charge >= 0.3 is 0 Å². The fraction of sp³-hybridized carbons (Fsp3) is 0.417. The van der Waals surface area contributed by atoms with Gasteiger partial charge in [-0.05, 0) is 33.6 Å². The van der Waals surface area contributed by atoms with Crippen molar-refractivity contribution in [2.24, 2.45) is 10.7 Å². The molecular formula is C12H16BrFIN3S. The molecule has 1 saturated heterocycles. The van der Waals surface area contributed by atoms with Crippen molar-refractivity contribution < 1.29 is 4.39 Å². The first kappa shape index (κ1) is 17.0. The van der Waals surface area contributed by atoms with Gasteiger partial charge in [0.1, 0.15) is 5.82 Å². The van der Waals surface area contributed by atoms with Gasteiger partial charge in [-0.15, -0.1) is 24.0 Å². The number of hydrogen-bond acceptors (Lipinski definition) is 2. The molecule has 0 radical (unpaired) electrons. The topological polar surface area (TPSA) is 41.6 Å². The van der Waals surface area contributed by atoms with Crippen LogP contribution in [-0.4, -0.2) is 35.5 Å². The van der Waals surface area contributed by atoms with Crippen LogP contribution in [0.3, 0.4) is 0 Å². The summed E-state index contributed by atoms with van der Waals surface area (Å²) in [6.45, 7) is 2.29. The summed E-state index contributed by atoms with van der Waals surface area (Å²) in [5.41, 5.74) is 6.75. The highest BCUT2D eigenvalue weighted by Gasteiger charge is 2.11. The molecular weight excluding hydrogens is 444 g/mol. The zero-order valence-corrected chi connectivity index (χ0v) is 15.0. The molecule has 1 fully saturated rings. The lowest BCUT2D eigenvalue weighted by Crippen LogP contribution is -2.42. The molecule has 19 heavy (non-hydrogen) atoms. The van der Waals surface area contributed by atoms with Crippen LogP contribution in [0.1, 0.15) is 5.56 Å². The van der Waals surface area contributed by atoms with Gasteiger partial charge < -0.3 is 10.6 Å². The Hall–Kier alpha value is -0.0200. The highest BCUT2D eigenvalue weighted by atomic mass is 127. The number of benzene rings is 1.